The molecule has 0 aliphatic heterocycles. The SMILES string of the molecule is CCCOc1ccccc1/C=C(\C(=O)O)c1ccc(CC)cc1. The third kappa shape index (κ3) is 4.46. The van der Waals surface area contributed by atoms with Crippen molar-refractivity contribution in [3.8, 4) is 5.75 Å². The number of carboxylic acid groups (broad SMARTS) is 1. The number of carbonyl (C=O) groups is 1. The number of hydrogen-bond acceptors (Lipinski definition) is 2. The van der Waals surface area contributed by atoms with Crippen LogP contribution in [0.4, 0.5) is 0 Å². The number of hydrogen-bond donors (Lipinski definition) is 1. The van der Waals surface area contributed by atoms with Crippen molar-refractivity contribution in [2.75, 3.05) is 6.61 Å². The van der Waals surface area contributed by atoms with Gasteiger partial charge in [-0.1, -0.05) is 56.3 Å². The molecule has 2 aromatic rings. The fourth-order valence-electron chi connectivity index (χ4n) is 2.29. The smallest absolute Gasteiger partial charge is 0.336 e. The molecule has 2 rings (SSSR count). The molecule has 0 fully saturated rings. The molecule has 0 aliphatic rings. The molecule has 0 saturated heterocycles. The lowest BCUT2D eigenvalue weighted by molar-refractivity contribution is -0.130. The van der Waals surface area contributed by atoms with E-state index in [2.05, 4.69) is 6.92 Å². The van der Waals surface area contributed by atoms with Gasteiger partial charge in [0.05, 0.1) is 12.2 Å². The lowest BCUT2D eigenvalue weighted by Crippen LogP contribution is -2.01. The maximum absolute atomic E-state index is 11.7. The van der Waals surface area contributed by atoms with Gasteiger partial charge in [-0.2, -0.15) is 0 Å². The first-order valence-electron chi connectivity index (χ1n) is 7.91. The van der Waals surface area contributed by atoms with Crippen LogP contribution in [-0.2, 0) is 11.2 Å². The molecule has 23 heavy (non-hydrogen) atoms. The van der Waals surface area contributed by atoms with Crippen LogP contribution in [-0.4, -0.2) is 17.7 Å². The molecule has 0 atom stereocenters. The van der Waals surface area contributed by atoms with E-state index >= 15 is 0 Å². The Morgan fingerprint density at radius 1 is 1.09 bits per heavy atom. The van der Waals surface area contributed by atoms with Gasteiger partial charge in [-0.25, -0.2) is 4.79 Å². The highest BCUT2D eigenvalue weighted by molar-refractivity contribution is 6.20. The van der Waals surface area contributed by atoms with Crippen molar-refractivity contribution >= 4 is 17.6 Å². The number of para-hydroxylation sites is 1. The Balaban J connectivity index is 2.40. The van der Waals surface area contributed by atoms with E-state index in [0.29, 0.717) is 17.9 Å². The normalized spacial score (nSPS) is 11.3. The summed E-state index contributed by atoms with van der Waals surface area (Å²) in [6.45, 7) is 4.72. The summed E-state index contributed by atoms with van der Waals surface area (Å²) in [5, 5.41) is 9.57. The minimum atomic E-state index is -0.945. The van der Waals surface area contributed by atoms with Crippen LogP contribution in [0.1, 0.15) is 37.0 Å². The third-order valence-electron chi connectivity index (χ3n) is 3.58. The van der Waals surface area contributed by atoms with Crippen LogP contribution in [0.15, 0.2) is 48.5 Å². The van der Waals surface area contributed by atoms with Gasteiger partial charge < -0.3 is 9.84 Å². The Morgan fingerprint density at radius 3 is 2.39 bits per heavy atom. The van der Waals surface area contributed by atoms with E-state index in [1.807, 2.05) is 55.5 Å². The van der Waals surface area contributed by atoms with Crippen molar-refractivity contribution in [3.63, 3.8) is 0 Å². The fraction of sp³-hybridized carbons (Fsp3) is 0.250. The fourth-order valence-corrected chi connectivity index (χ4v) is 2.29. The largest absolute Gasteiger partial charge is 0.493 e. The highest BCUT2D eigenvalue weighted by Gasteiger charge is 2.12. The van der Waals surface area contributed by atoms with E-state index in [1.54, 1.807) is 6.08 Å². The van der Waals surface area contributed by atoms with Gasteiger partial charge in [0.1, 0.15) is 5.75 Å². The number of carboxylic acids is 1. The molecule has 0 amide bonds. The van der Waals surface area contributed by atoms with Crippen LogP contribution in [0, 0.1) is 0 Å². The minimum absolute atomic E-state index is 0.264. The van der Waals surface area contributed by atoms with E-state index in [1.165, 1.54) is 5.56 Å². The maximum atomic E-state index is 11.7. The Bertz CT molecular complexity index is 684. The predicted molar refractivity (Wildman–Crippen MR) is 93.6 cm³/mol. The highest BCUT2D eigenvalue weighted by Crippen LogP contribution is 2.25. The summed E-state index contributed by atoms with van der Waals surface area (Å²) in [5.74, 6) is -0.238. The Labute approximate surface area is 137 Å². The van der Waals surface area contributed by atoms with Crippen LogP contribution < -0.4 is 4.74 Å². The van der Waals surface area contributed by atoms with Gasteiger partial charge in [-0.3, -0.25) is 0 Å². The Hall–Kier alpha value is -2.55. The van der Waals surface area contributed by atoms with Crippen molar-refractivity contribution < 1.29 is 14.6 Å². The molecule has 0 saturated carbocycles. The van der Waals surface area contributed by atoms with E-state index in [-0.39, 0.29) is 5.57 Å². The summed E-state index contributed by atoms with van der Waals surface area (Å²) in [7, 11) is 0. The van der Waals surface area contributed by atoms with Crippen molar-refractivity contribution in [1.29, 1.82) is 0 Å². The number of aryl methyl sites for hydroxylation is 1. The van der Waals surface area contributed by atoms with Crippen molar-refractivity contribution in [3.05, 3.63) is 65.2 Å². The zero-order chi connectivity index (χ0) is 16.7. The van der Waals surface area contributed by atoms with Gasteiger partial charge in [-0.05, 0) is 36.1 Å². The molecule has 0 spiro atoms. The molecule has 3 nitrogen and oxygen atoms in total. The second kappa shape index (κ2) is 8.18. The predicted octanol–water partition coefficient (Wildman–Crippen LogP) is 4.66. The molecule has 0 aliphatic carbocycles. The average Bonchev–Trinajstić information content (AvgIpc) is 2.58. The van der Waals surface area contributed by atoms with Crippen LogP contribution in [0.2, 0.25) is 0 Å². The Kier molecular flexibility index (Phi) is 5.98. The Morgan fingerprint density at radius 2 is 1.78 bits per heavy atom. The quantitative estimate of drug-likeness (QED) is 0.597. The molecule has 120 valence electrons. The van der Waals surface area contributed by atoms with Gasteiger partial charge >= 0.3 is 5.97 Å². The van der Waals surface area contributed by atoms with Gasteiger partial charge in [0.2, 0.25) is 0 Å². The van der Waals surface area contributed by atoms with Crippen molar-refractivity contribution in [2.24, 2.45) is 0 Å². The van der Waals surface area contributed by atoms with Gasteiger partial charge in [0.25, 0.3) is 0 Å². The molecule has 0 aromatic heterocycles. The van der Waals surface area contributed by atoms with Crippen LogP contribution in [0.3, 0.4) is 0 Å². The molecular weight excluding hydrogens is 288 g/mol. The summed E-state index contributed by atoms with van der Waals surface area (Å²) < 4.78 is 5.70. The lowest BCUT2D eigenvalue weighted by Gasteiger charge is -2.10. The first-order valence-corrected chi connectivity index (χ1v) is 7.91. The molecule has 3 heteroatoms. The number of rotatable bonds is 7. The monoisotopic (exact) mass is 310 g/mol. The topological polar surface area (TPSA) is 46.5 Å². The average molecular weight is 310 g/mol. The molecule has 0 heterocycles. The van der Waals surface area contributed by atoms with Crippen molar-refractivity contribution in [1.82, 2.24) is 0 Å². The second-order valence-electron chi connectivity index (χ2n) is 5.30. The molecule has 1 N–H and O–H groups in total. The van der Waals surface area contributed by atoms with Gasteiger partial charge in [0.15, 0.2) is 0 Å². The highest BCUT2D eigenvalue weighted by atomic mass is 16.5. The van der Waals surface area contributed by atoms with E-state index < -0.39 is 5.97 Å². The van der Waals surface area contributed by atoms with Crippen LogP contribution in [0.5, 0.6) is 5.75 Å². The number of benzene rings is 2. The lowest BCUT2D eigenvalue weighted by atomic mass is 10.0. The first-order chi connectivity index (χ1) is 11.2. The maximum Gasteiger partial charge on any atom is 0.336 e. The molecule has 0 radical (unpaired) electrons. The standard InChI is InChI=1S/C20H22O3/c1-3-13-23-19-8-6-5-7-17(19)14-18(20(21)22)16-11-9-15(4-2)10-12-16/h5-12,14H,3-4,13H2,1-2H3,(H,21,22)/b18-14-. The summed E-state index contributed by atoms with van der Waals surface area (Å²) in [6.07, 6.45) is 3.51. The molecule has 0 bridgehead atoms. The molecular formula is C20H22O3. The second-order valence-corrected chi connectivity index (χ2v) is 5.30. The molecule has 2 aromatic carbocycles. The number of ether oxygens (including phenoxy) is 1. The minimum Gasteiger partial charge on any atom is -0.493 e. The third-order valence-corrected chi connectivity index (χ3v) is 3.58. The van der Waals surface area contributed by atoms with E-state index in [0.717, 1.165) is 18.4 Å². The summed E-state index contributed by atoms with van der Waals surface area (Å²) in [6, 6.07) is 15.1. The van der Waals surface area contributed by atoms with Crippen molar-refractivity contribution in [2.45, 2.75) is 26.7 Å². The van der Waals surface area contributed by atoms with Gasteiger partial charge in [-0.15, -0.1) is 0 Å². The van der Waals surface area contributed by atoms with Crippen LogP contribution in [0.25, 0.3) is 11.6 Å². The van der Waals surface area contributed by atoms with Gasteiger partial charge in [0, 0.05) is 5.56 Å². The summed E-state index contributed by atoms with van der Waals surface area (Å²) in [5.41, 5.74) is 2.92. The molecule has 0 unspecified atom stereocenters. The zero-order valence-electron chi connectivity index (χ0n) is 13.6. The number of aliphatic carboxylic acids is 1. The van der Waals surface area contributed by atoms with E-state index in [4.69, 9.17) is 4.74 Å². The first kappa shape index (κ1) is 16.8. The van der Waals surface area contributed by atoms with Crippen LogP contribution >= 0.6 is 0 Å². The zero-order valence-corrected chi connectivity index (χ0v) is 13.6. The summed E-state index contributed by atoms with van der Waals surface area (Å²) >= 11 is 0. The van der Waals surface area contributed by atoms with E-state index in [9.17, 15) is 9.90 Å². The summed E-state index contributed by atoms with van der Waals surface area (Å²) in [4.78, 5) is 11.7.